The summed E-state index contributed by atoms with van der Waals surface area (Å²) in [5.41, 5.74) is 0.889. The largest absolute Gasteiger partial charge is 0.447 e. The fourth-order valence-electron chi connectivity index (χ4n) is 1.50. The zero-order valence-electron chi connectivity index (χ0n) is 7.74. The third-order valence-corrected chi connectivity index (χ3v) is 2.37. The predicted octanol–water partition coefficient (Wildman–Crippen LogP) is 1.95. The van der Waals surface area contributed by atoms with Crippen molar-refractivity contribution in [2.24, 2.45) is 0 Å². The molecule has 0 aliphatic carbocycles. The zero-order valence-corrected chi connectivity index (χ0v) is 7.74. The average molecular weight is 195 g/mol. The fourth-order valence-corrected chi connectivity index (χ4v) is 1.50. The molecule has 2 rings (SSSR count). The molecule has 74 valence electrons. The van der Waals surface area contributed by atoms with Gasteiger partial charge in [0.25, 0.3) is 0 Å². The number of benzene rings is 1. The number of ether oxygens (including phenoxy) is 1. The standard InChI is InChI=1S/C10H10FNO2/c1-12-9(6-14-10(12)13)7-2-4-8(11)5-3-7/h2-5,9H,6H2,1H3. The molecule has 1 atom stereocenters. The lowest BCUT2D eigenvalue weighted by molar-refractivity contribution is 0.163. The van der Waals surface area contributed by atoms with Gasteiger partial charge in [-0.05, 0) is 17.7 Å². The Bertz CT molecular complexity index is 350. The molecule has 1 amide bonds. The minimum absolute atomic E-state index is 0.0944. The van der Waals surface area contributed by atoms with Crippen molar-refractivity contribution in [3.8, 4) is 0 Å². The molecule has 1 aromatic rings. The van der Waals surface area contributed by atoms with Crippen LogP contribution >= 0.6 is 0 Å². The van der Waals surface area contributed by atoms with Crippen LogP contribution in [0.2, 0.25) is 0 Å². The van der Waals surface area contributed by atoms with E-state index < -0.39 is 0 Å². The summed E-state index contributed by atoms with van der Waals surface area (Å²) in [5, 5.41) is 0. The first kappa shape index (κ1) is 8.99. The molecular formula is C10H10FNO2. The van der Waals surface area contributed by atoms with Gasteiger partial charge in [-0.15, -0.1) is 0 Å². The number of rotatable bonds is 1. The first-order valence-corrected chi connectivity index (χ1v) is 4.33. The lowest BCUT2D eigenvalue weighted by Gasteiger charge is -2.15. The third-order valence-electron chi connectivity index (χ3n) is 2.37. The number of hydrogen-bond donors (Lipinski definition) is 0. The molecule has 1 heterocycles. The van der Waals surface area contributed by atoms with Crippen LogP contribution < -0.4 is 0 Å². The molecule has 1 fully saturated rings. The van der Waals surface area contributed by atoms with Gasteiger partial charge in [-0.3, -0.25) is 0 Å². The maximum atomic E-state index is 12.6. The maximum Gasteiger partial charge on any atom is 0.410 e. The quantitative estimate of drug-likeness (QED) is 0.685. The number of likely N-dealkylation sites (N-methyl/N-ethyl adjacent to an activating group) is 1. The summed E-state index contributed by atoms with van der Waals surface area (Å²) in [6.45, 7) is 0.334. The van der Waals surface area contributed by atoms with Gasteiger partial charge in [0.1, 0.15) is 12.4 Å². The molecule has 0 N–H and O–H groups in total. The molecule has 1 aromatic carbocycles. The van der Waals surface area contributed by atoms with Crippen molar-refractivity contribution in [3.63, 3.8) is 0 Å². The van der Waals surface area contributed by atoms with Crippen molar-refractivity contribution in [3.05, 3.63) is 35.6 Å². The van der Waals surface area contributed by atoms with Crippen molar-refractivity contribution < 1.29 is 13.9 Å². The highest BCUT2D eigenvalue weighted by atomic mass is 19.1. The highest BCUT2D eigenvalue weighted by Crippen LogP contribution is 2.25. The van der Waals surface area contributed by atoms with E-state index in [1.54, 1.807) is 19.2 Å². The number of carbonyl (C=O) groups excluding carboxylic acids is 1. The lowest BCUT2D eigenvalue weighted by atomic mass is 10.1. The molecule has 1 aliphatic rings. The van der Waals surface area contributed by atoms with Crippen molar-refractivity contribution in [1.29, 1.82) is 0 Å². The molecule has 0 saturated carbocycles. The normalized spacial score (nSPS) is 21.1. The van der Waals surface area contributed by atoms with Crippen LogP contribution in [0.25, 0.3) is 0 Å². The summed E-state index contributed by atoms with van der Waals surface area (Å²) in [6.07, 6.45) is -0.334. The highest BCUT2D eigenvalue weighted by Gasteiger charge is 2.30. The van der Waals surface area contributed by atoms with Gasteiger partial charge >= 0.3 is 6.09 Å². The SMILES string of the molecule is CN1C(=O)OCC1c1ccc(F)cc1. The van der Waals surface area contributed by atoms with Crippen molar-refractivity contribution in [2.75, 3.05) is 13.7 Å². The minimum Gasteiger partial charge on any atom is -0.447 e. The van der Waals surface area contributed by atoms with E-state index in [1.807, 2.05) is 0 Å². The Morgan fingerprint density at radius 1 is 1.43 bits per heavy atom. The molecule has 4 heteroatoms. The van der Waals surface area contributed by atoms with Gasteiger partial charge in [-0.25, -0.2) is 9.18 Å². The molecular weight excluding hydrogens is 185 g/mol. The summed E-state index contributed by atoms with van der Waals surface area (Å²) in [7, 11) is 1.67. The lowest BCUT2D eigenvalue weighted by Crippen LogP contribution is -2.22. The number of amides is 1. The van der Waals surface area contributed by atoms with E-state index in [0.29, 0.717) is 6.61 Å². The zero-order chi connectivity index (χ0) is 10.1. The second-order valence-electron chi connectivity index (χ2n) is 3.26. The van der Waals surface area contributed by atoms with Gasteiger partial charge in [0.05, 0.1) is 6.04 Å². The maximum absolute atomic E-state index is 12.6. The van der Waals surface area contributed by atoms with E-state index in [2.05, 4.69) is 0 Å². The number of nitrogens with zero attached hydrogens (tertiary/aromatic N) is 1. The first-order chi connectivity index (χ1) is 6.68. The fraction of sp³-hybridized carbons (Fsp3) is 0.300. The summed E-state index contributed by atoms with van der Waals surface area (Å²) >= 11 is 0. The van der Waals surface area contributed by atoms with Crippen LogP contribution in [0.15, 0.2) is 24.3 Å². The van der Waals surface area contributed by atoms with E-state index in [9.17, 15) is 9.18 Å². The van der Waals surface area contributed by atoms with Crippen LogP contribution in [0.1, 0.15) is 11.6 Å². The predicted molar refractivity (Wildman–Crippen MR) is 48.3 cm³/mol. The highest BCUT2D eigenvalue weighted by molar-refractivity contribution is 5.70. The molecule has 1 aliphatic heterocycles. The number of hydrogen-bond acceptors (Lipinski definition) is 2. The third kappa shape index (κ3) is 1.43. The Labute approximate surface area is 81.1 Å². The second kappa shape index (κ2) is 3.29. The van der Waals surface area contributed by atoms with E-state index in [4.69, 9.17) is 4.74 Å². The first-order valence-electron chi connectivity index (χ1n) is 4.33. The topological polar surface area (TPSA) is 29.5 Å². The van der Waals surface area contributed by atoms with E-state index in [0.717, 1.165) is 5.56 Å². The van der Waals surface area contributed by atoms with E-state index >= 15 is 0 Å². The van der Waals surface area contributed by atoms with Crippen molar-refractivity contribution in [2.45, 2.75) is 6.04 Å². The van der Waals surface area contributed by atoms with Crippen LogP contribution in [-0.4, -0.2) is 24.6 Å². The summed E-state index contributed by atoms with van der Waals surface area (Å²) < 4.78 is 17.5. The van der Waals surface area contributed by atoms with Crippen LogP contribution in [0.3, 0.4) is 0 Å². The Morgan fingerprint density at radius 2 is 2.07 bits per heavy atom. The van der Waals surface area contributed by atoms with Gasteiger partial charge in [-0.1, -0.05) is 12.1 Å². The number of halogens is 1. The smallest absolute Gasteiger partial charge is 0.410 e. The number of carbonyl (C=O) groups is 1. The van der Waals surface area contributed by atoms with Crippen LogP contribution in [0.4, 0.5) is 9.18 Å². The van der Waals surface area contributed by atoms with Crippen LogP contribution in [0, 0.1) is 5.82 Å². The summed E-state index contributed by atoms with van der Waals surface area (Å²) in [4.78, 5) is 12.6. The molecule has 0 bridgehead atoms. The van der Waals surface area contributed by atoms with Gasteiger partial charge in [-0.2, -0.15) is 0 Å². The van der Waals surface area contributed by atoms with Gasteiger partial charge < -0.3 is 9.64 Å². The minimum atomic E-state index is -0.334. The Kier molecular flexibility index (Phi) is 2.11. The van der Waals surface area contributed by atoms with Gasteiger partial charge in [0.2, 0.25) is 0 Å². The van der Waals surface area contributed by atoms with Gasteiger partial charge in [0, 0.05) is 7.05 Å². The molecule has 0 aromatic heterocycles. The molecule has 3 nitrogen and oxygen atoms in total. The molecule has 14 heavy (non-hydrogen) atoms. The van der Waals surface area contributed by atoms with Gasteiger partial charge in [0.15, 0.2) is 0 Å². The van der Waals surface area contributed by atoms with Crippen molar-refractivity contribution in [1.82, 2.24) is 4.90 Å². The molecule has 1 unspecified atom stereocenters. The molecule has 0 spiro atoms. The molecule has 1 saturated heterocycles. The Morgan fingerprint density at radius 3 is 2.57 bits per heavy atom. The summed E-state index contributed by atoms with van der Waals surface area (Å²) in [5.74, 6) is -0.276. The Hall–Kier alpha value is -1.58. The van der Waals surface area contributed by atoms with Crippen molar-refractivity contribution >= 4 is 6.09 Å². The van der Waals surface area contributed by atoms with E-state index in [-0.39, 0.29) is 18.0 Å². The number of cyclic esters (lactones) is 1. The summed E-state index contributed by atoms with van der Waals surface area (Å²) in [6, 6.07) is 6.00. The average Bonchev–Trinajstić information content (AvgIpc) is 2.50. The van der Waals surface area contributed by atoms with Crippen LogP contribution in [0.5, 0.6) is 0 Å². The van der Waals surface area contributed by atoms with E-state index in [1.165, 1.54) is 17.0 Å². The Balaban J connectivity index is 2.23. The monoisotopic (exact) mass is 195 g/mol. The molecule has 0 radical (unpaired) electrons. The second-order valence-corrected chi connectivity index (χ2v) is 3.26. The van der Waals surface area contributed by atoms with Crippen LogP contribution in [-0.2, 0) is 4.74 Å².